The molecular formula is C16H27ClN2O2. The molecule has 0 aliphatic carbocycles. The number of carbonyl (C=O) groups is 1. The summed E-state index contributed by atoms with van der Waals surface area (Å²) in [4.78, 5) is 11.6. The summed E-state index contributed by atoms with van der Waals surface area (Å²) in [5.74, 6) is 0.910. The van der Waals surface area contributed by atoms with Crippen molar-refractivity contribution >= 4 is 18.3 Å². The largest absolute Gasteiger partial charge is 0.493 e. The SMILES string of the molecule is CCNCCNC(=O)CCOc1cc(C)cc(C)c1C.Cl. The summed E-state index contributed by atoms with van der Waals surface area (Å²) in [5.41, 5.74) is 3.54. The number of rotatable bonds is 8. The summed E-state index contributed by atoms with van der Waals surface area (Å²) < 4.78 is 5.72. The van der Waals surface area contributed by atoms with Gasteiger partial charge in [-0.05, 0) is 50.1 Å². The van der Waals surface area contributed by atoms with Crippen LogP contribution in [0.4, 0.5) is 0 Å². The van der Waals surface area contributed by atoms with Crippen LogP contribution in [-0.2, 0) is 4.79 Å². The highest BCUT2D eigenvalue weighted by molar-refractivity contribution is 5.85. The molecule has 0 atom stereocenters. The number of hydrogen-bond acceptors (Lipinski definition) is 3. The molecule has 1 amide bonds. The highest BCUT2D eigenvalue weighted by atomic mass is 35.5. The zero-order valence-corrected chi connectivity index (χ0v) is 14.2. The minimum atomic E-state index is 0. The third-order valence-corrected chi connectivity index (χ3v) is 3.22. The van der Waals surface area contributed by atoms with Crippen molar-refractivity contribution in [3.8, 4) is 5.75 Å². The van der Waals surface area contributed by atoms with Gasteiger partial charge in [-0.1, -0.05) is 13.0 Å². The minimum absolute atomic E-state index is 0. The first-order chi connectivity index (χ1) is 9.54. The maximum Gasteiger partial charge on any atom is 0.223 e. The molecule has 0 radical (unpaired) electrons. The van der Waals surface area contributed by atoms with E-state index in [0.717, 1.165) is 24.4 Å². The molecule has 0 saturated heterocycles. The van der Waals surface area contributed by atoms with E-state index in [4.69, 9.17) is 4.74 Å². The molecule has 21 heavy (non-hydrogen) atoms. The third-order valence-electron chi connectivity index (χ3n) is 3.22. The number of ether oxygens (including phenoxy) is 1. The van der Waals surface area contributed by atoms with E-state index in [1.54, 1.807) is 0 Å². The van der Waals surface area contributed by atoms with E-state index in [0.29, 0.717) is 19.6 Å². The maximum absolute atomic E-state index is 11.6. The zero-order chi connectivity index (χ0) is 15.0. The third kappa shape index (κ3) is 7.34. The fraction of sp³-hybridized carbons (Fsp3) is 0.562. The number of benzene rings is 1. The van der Waals surface area contributed by atoms with Gasteiger partial charge < -0.3 is 15.4 Å². The molecule has 1 aromatic carbocycles. The lowest BCUT2D eigenvalue weighted by Gasteiger charge is -2.12. The van der Waals surface area contributed by atoms with Crippen molar-refractivity contribution in [1.29, 1.82) is 0 Å². The molecule has 0 spiro atoms. The first-order valence-corrected chi connectivity index (χ1v) is 7.22. The molecule has 0 aliphatic rings. The molecule has 0 fully saturated rings. The Morgan fingerprint density at radius 3 is 2.57 bits per heavy atom. The summed E-state index contributed by atoms with van der Waals surface area (Å²) in [6.07, 6.45) is 0.387. The van der Waals surface area contributed by atoms with E-state index in [2.05, 4.69) is 23.6 Å². The molecule has 120 valence electrons. The van der Waals surface area contributed by atoms with Gasteiger partial charge >= 0.3 is 0 Å². The van der Waals surface area contributed by atoms with Gasteiger partial charge in [0, 0.05) is 13.1 Å². The fourth-order valence-electron chi connectivity index (χ4n) is 1.96. The van der Waals surface area contributed by atoms with Gasteiger partial charge in [0.2, 0.25) is 5.91 Å². The Hall–Kier alpha value is -1.26. The first-order valence-electron chi connectivity index (χ1n) is 7.22. The van der Waals surface area contributed by atoms with Crippen LogP contribution in [0.15, 0.2) is 12.1 Å². The lowest BCUT2D eigenvalue weighted by molar-refractivity contribution is -0.121. The van der Waals surface area contributed by atoms with Crippen LogP contribution in [0, 0.1) is 20.8 Å². The van der Waals surface area contributed by atoms with Crippen LogP contribution in [-0.4, -0.2) is 32.1 Å². The van der Waals surface area contributed by atoms with Gasteiger partial charge in [0.1, 0.15) is 5.75 Å². The molecular weight excluding hydrogens is 288 g/mol. The monoisotopic (exact) mass is 314 g/mol. The number of carbonyl (C=O) groups excluding carboxylic acids is 1. The van der Waals surface area contributed by atoms with Gasteiger partial charge in [0.15, 0.2) is 0 Å². The van der Waals surface area contributed by atoms with Gasteiger partial charge in [-0.15, -0.1) is 12.4 Å². The van der Waals surface area contributed by atoms with Crippen LogP contribution in [0.5, 0.6) is 5.75 Å². The maximum atomic E-state index is 11.6. The first kappa shape index (κ1) is 19.7. The molecule has 0 unspecified atom stereocenters. The number of hydrogen-bond donors (Lipinski definition) is 2. The van der Waals surface area contributed by atoms with Crippen LogP contribution >= 0.6 is 12.4 Å². The van der Waals surface area contributed by atoms with E-state index < -0.39 is 0 Å². The second-order valence-corrected chi connectivity index (χ2v) is 5.01. The normalized spacial score (nSPS) is 9.90. The predicted octanol–water partition coefficient (Wildman–Crippen LogP) is 2.53. The lowest BCUT2D eigenvalue weighted by atomic mass is 10.1. The Balaban J connectivity index is 0.00000400. The average molecular weight is 315 g/mol. The van der Waals surface area contributed by atoms with E-state index in [9.17, 15) is 4.79 Å². The number of aryl methyl sites for hydroxylation is 2. The Labute approximate surface area is 134 Å². The molecule has 0 saturated carbocycles. The molecule has 0 aromatic heterocycles. The number of nitrogens with one attached hydrogen (secondary N) is 2. The molecule has 1 rings (SSSR count). The van der Waals surface area contributed by atoms with Gasteiger partial charge in [-0.2, -0.15) is 0 Å². The Morgan fingerprint density at radius 2 is 1.90 bits per heavy atom. The smallest absolute Gasteiger partial charge is 0.223 e. The van der Waals surface area contributed by atoms with E-state index in [-0.39, 0.29) is 18.3 Å². The average Bonchev–Trinajstić information content (AvgIpc) is 2.40. The Bertz CT molecular complexity index is 450. The topological polar surface area (TPSA) is 50.4 Å². The second kappa shape index (κ2) is 10.5. The Kier molecular flexibility index (Phi) is 9.84. The van der Waals surface area contributed by atoms with Crippen molar-refractivity contribution in [2.45, 2.75) is 34.1 Å². The minimum Gasteiger partial charge on any atom is -0.493 e. The summed E-state index contributed by atoms with van der Waals surface area (Å²) in [6.45, 7) is 11.0. The molecule has 2 N–H and O–H groups in total. The fourth-order valence-corrected chi connectivity index (χ4v) is 1.96. The van der Waals surface area contributed by atoms with E-state index in [1.807, 2.05) is 26.8 Å². The Morgan fingerprint density at radius 1 is 1.19 bits per heavy atom. The van der Waals surface area contributed by atoms with Crippen molar-refractivity contribution in [2.24, 2.45) is 0 Å². The van der Waals surface area contributed by atoms with Crippen molar-refractivity contribution in [2.75, 3.05) is 26.2 Å². The number of amides is 1. The van der Waals surface area contributed by atoms with Crippen molar-refractivity contribution in [3.05, 3.63) is 28.8 Å². The molecule has 1 aromatic rings. The van der Waals surface area contributed by atoms with Crippen molar-refractivity contribution in [3.63, 3.8) is 0 Å². The quantitative estimate of drug-likeness (QED) is 0.725. The summed E-state index contributed by atoms with van der Waals surface area (Å²) in [6, 6.07) is 4.15. The van der Waals surface area contributed by atoms with Crippen molar-refractivity contribution in [1.82, 2.24) is 10.6 Å². The molecule has 0 aliphatic heterocycles. The summed E-state index contributed by atoms with van der Waals surface area (Å²) in [7, 11) is 0. The van der Waals surface area contributed by atoms with Crippen molar-refractivity contribution < 1.29 is 9.53 Å². The van der Waals surface area contributed by atoms with Crippen LogP contribution < -0.4 is 15.4 Å². The predicted molar refractivity (Wildman–Crippen MR) is 89.6 cm³/mol. The van der Waals surface area contributed by atoms with Gasteiger partial charge in [-0.25, -0.2) is 0 Å². The van der Waals surface area contributed by atoms with Crippen LogP contribution in [0.1, 0.15) is 30.0 Å². The van der Waals surface area contributed by atoms with E-state index >= 15 is 0 Å². The van der Waals surface area contributed by atoms with Gasteiger partial charge in [0.25, 0.3) is 0 Å². The summed E-state index contributed by atoms with van der Waals surface area (Å²) >= 11 is 0. The molecule has 4 nitrogen and oxygen atoms in total. The van der Waals surface area contributed by atoms with Crippen LogP contribution in [0.25, 0.3) is 0 Å². The van der Waals surface area contributed by atoms with Crippen LogP contribution in [0.2, 0.25) is 0 Å². The second-order valence-electron chi connectivity index (χ2n) is 5.01. The molecule has 0 bridgehead atoms. The lowest BCUT2D eigenvalue weighted by Crippen LogP contribution is -2.32. The molecule has 5 heteroatoms. The number of halogens is 1. The zero-order valence-electron chi connectivity index (χ0n) is 13.4. The van der Waals surface area contributed by atoms with Crippen LogP contribution in [0.3, 0.4) is 0 Å². The van der Waals surface area contributed by atoms with E-state index in [1.165, 1.54) is 11.1 Å². The highest BCUT2D eigenvalue weighted by Gasteiger charge is 2.05. The summed E-state index contributed by atoms with van der Waals surface area (Å²) in [5, 5.41) is 6.02. The molecule has 0 heterocycles. The highest BCUT2D eigenvalue weighted by Crippen LogP contribution is 2.23. The van der Waals surface area contributed by atoms with Gasteiger partial charge in [-0.3, -0.25) is 4.79 Å². The number of likely N-dealkylation sites (N-methyl/N-ethyl adjacent to an activating group) is 1. The standard InChI is InChI=1S/C16H26N2O2.ClH/c1-5-17-7-8-18-16(19)6-9-20-15-11-12(2)10-13(3)14(15)4;/h10-11,17H,5-9H2,1-4H3,(H,18,19);1H. The van der Waals surface area contributed by atoms with Gasteiger partial charge in [0.05, 0.1) is 13.0 Å².